The average Bonchev–Trinajstić information content (AvgIpc) is 3.01. The maximum Gasteiger partial charge on any atom is 0.0314 e. The van der Waals surface area contributed by atoms with Crippen LogP contribution in [0.4, 0.5) is 11.4 Å². The van der Waals surface area contributed by atoms with Gasteiger partial charge in [-0.1, -0.05) is 119 Å². The van der Waals surface area contributed by atoms with Gasteiger partial charge in [0.2, 0.25) is 0 Å². The summed E-state index contributed by atoms with van der Waals surface area (Å²) < 4.78 is 0. The average molecular weight is 575 g/mol. The molecule has 4 aromatic rings. The van der Waals surface area contributed by atoms with Crippen LogP contribution in [-0.4, -0.2) is 0 Å². The Morgan fingerprint density at radius 2 is 0.721 bits per heavy atom. The van der Waals surface area contributed by atoms with E-state index in [4.69, 9.17) is 11.5 Å². The second-order valence-electron chi connectivity index (χ2n) is 12.5. The topological polar surface area (TPSA) is 52.0 Å². The Kier molecular flexibility index (Phi) is 13.2. The number of aryl methyl sites for hydroxylation is 4. The van der Waals surface area contributed by atoms with Crippen LogP contribution in [0.1, 0.15) is 116 Å². The number of nitrogens with two attached hydrogens (primary N) is 2. The Labute approximate surface area is 261 Å². The molecule has 0 heterocycles. The summed E-state index contributed by atoms with van der Waals surface area (Å²) in [5.41, 5.74) is 25.1. The SMILES string of the molecule is CCCc1cc(CCCCCCCCCc2ccc(Cc3ccc(N)cc3)c(CCC)c2)ccc1Cc1ccc(N)cc1. The van der Waals surface area contributed by atoms with E-state index in [0.717, 1.165) is 37.1 Å². The normalized spacial score (nSPS) is 11.2. The summed E-state index contributed by atoms with van der Waals surface area (Å²) in [5.74, 6) is 0. The lowest BCUT2D eigenvalue weighted by atomic mass is 9.93. The van der Waals surface area contributed by atoms with Crippen molar-refractivity contribution in [3.8, 4) is 0 Å². The molecule has 0 aliphatic rings. The first-order chi connectivity index (χ1) is 21.0. The molecule has 2 heteroatoms. The first kappa shape index (κ1) is 32.4. The molecule has 0 unspecified atom stereocenters. The van der Waals surface area contributed by atoms with Gasteiger partial charge in [-0.05, 0) is 120 Å². The van der Waals surface area contributed by atoms with Gasteiger partial charge >= 0.3 is 0 Å². The van der Waals surface area contributed by atoms with E-state index in [1.165, 1.54) is 115 Å². The van der Waals surface area contributed by atoms with Crippen molar-refractivity contribution in [2.45, 2.75) is 110 Å². The van der Waals surface area contributed by atoms with Crippen molar-refractivity contribution >= 4 is 11.4 Å². The Bertz CT molecular complexity index is 1260. The van der Waals surface area contributed by atoms with Gasteiger partial charge in [0.05, 0.1) is 0 Å². The molecule has 0 aliphatic carbocycles. The zero-order valence-corrected chi connectivity index (χ0v) is 26.8. The molecular formula is C41H54N2. The van der Waals surface area contributed by atoms with Crippen molar-refractivity contribution in [2.24, 2.45) is 0 Å². The highest BCUT2D eigenvalue weighted by atomic mass is 14.5. The number of anilines is 2. The van der Waals surface area contributed by atoms with Crippen LogP contribution < -0.4 is 11.5 Å². The highest BCUT2D eigenvalue weighted by Gasteiger charge is 2.07. The molecule has 0 bridgehead atoms. The number of unbranched alkanes of at least 4 members (excludes halogenated alkanes) is 6. The molecule has 0 spiro atoms. The van der Waals surface area contributed by atoms with Gasteiger partial charge < -0.3 is 11.5 Å². The molecule has 4 aromatic carbocycles. The lowest BCUT2D eigenvalue weighted by molar-refractivity contribution is 0.579. The van der Waals surface area contributed by atoms with Gasteiger partial charge in [0.1, 0.15) is 0 Å². The van der Waals surface area contributed by atoms with Crippen LogP contribution in [0.25, 0.3) is 0 Å². The zero-order valence-electron chi connectivity index (χ0n) is 26.8. The van der Waals surface area contributed by atoms with Gasteiger partial charge in [-0.25, -0.2) is 0 Å². The third kappa shape index (κ3) is 10.9. The number of rotatable bonds is 18. The third-order valence-electron chi connectivity index (χ3n) is 8.76. The molecule has 228 valence electrons. The van der Waals surface area contributed by atoms with E-state index in [9.17, 15) is 0 Å². The van der Waals surface area contributed by atoms with Gasteiger partial charge in [-0.3, -0.25) is 0 Å². The van der Waals surface area contributed by atoms with E-state index < -0.39 is 0 Å². The van der Waals surface area contributed by atoms with Gasteiger partial charge in [-0.2, -0.15) is 0 Å². The third-order valence-corrected chi connectivity index (χ3v) is 8.76. The highest BCUT2D eigenvalue weighted by molar-refractivity contribution is 5.43. The van der Waals surface area contributed by atoms with Crippen LogP contribution in [0.5, 0.6) is 0 Å². The zero-order chi connectivity index (χ0) is 30.3. The fourth-order valence-corrected chi connectivity index (χ4v) is 6.27. The van der Waals surface area contributed by atoms with E-state index in [0.29, 0.717) is 0 Å². The molecule has 0 saturated heterocycles. The summed E-state index contributed by atoms with van der Waals surface area (Å²) in [7, 11) is 0. The molecular weight excluding hydrogens is 520 g/mol. The molecule has 0 fully saturated rings. The Balaban J connectivity index is 1.13. The quantitative estimate of drug-likeness (QED) is 0.0917. The number of benzene rings is 4. The molecule has 4 rings (SSSR count). The Hall–Kier alpha value is -3.52. The van der Waals surface area contributed by atoms with Gasteiger partial charge in [0, 0.05) is 11.4 Å². The summed E-state index contributed by atoms with van der Waals surface area (Å²) in [6.45, 7) is 4.56. The van der Waals surface area contributed by atoms with Crippen molar-refractivity contribution in [1.82, 2.24) is 0 Å². The van der Waals surface area contributed by atoms with E-state index in [1.807, 2.05) is 24.3 Å². The first-order valence-corrected chi connectivity index (χ1v) is 16.9. The summed E-state index contributed by atoms with van der Waals surface area (Å²) in [6, 6.07) is 31.1. The largest absolute Gasteiger partial charge is 0.399 e. The smallest absolute Gasteiger partial charge is 0.0314 e. The lowest BCUT2D eigenvalue weighted by Gasteiger charge is -2.12. The van der Waals surface area contributed by atoms with E-state index in [2.05, 4.69) is 74.5 Å². The maximum atomic E-state index is 5.87. The van der Waals surface area contributed by atoms with Crippen LogP contribution in [0.15, 0.2) is 84.9 Å². The Morgan fingerprint density at radius 3 is 1.09 bits per heavy atom. The molecule has 0 aromatic heterocycles. The highest BCUT2D eigenvalue weighted by Crippen LogP contribution is 2.22. The first-order valence-electron chi connectivity index (χ1n) is 16.9. The molecule has 0 saturated carbocycles. The van der Waals surface area contributed by atoms with Crippen molar-refractivity contribution in [3.05, 3.63) is 129 Å². The minimum Gasteiger partial charge on any atom is -0.399 e. The van der Waals surface area contributed by atoms with Gasteiger partial charge in [0.25, 0.3) is 0 Å². The monoisotopic (exact) mass is 574 g/mol. The molecule has 2 nitrogen and oxygen atoms in total. The second kappa shape index (κ2) is 17.6. The van der Waals surface area contributed by atoms with Crippen molar-refractivity contribution in [1.29, 1.82) is 0 Å². The van der Waals surface area contributed by atoms with Crippen molar-refractivity contribution in [3.63, 3.8) is 0 Å². The summed E-state index contributed by atoms with van der Waals surface area (Å²) in [6.07, 6.45) is 18.4. The molecule has 0 aliphatic heterocycles. The number of nitrogen functional groups attached to an aromatic ring is 2. The van der Waals surface area contributed by atoms with Gasteiger partial charge in [0.15, 0.2) is 0 Å². The summed E-state index contributed by atoms with van der Waals surface area (Å²) in [4.78, 5) is 0. The van der Waals surface area contributed by atoms with Crippen molar-refractivity contribution < 1.29 is 0 Å². The summed E-state index contributed by atoms with van der Waals surface area (Å²) >= 11 is 0. The maximum absolute atomic E-state index is 5.87. The molecule has 0 atom stereocenters. The summed E-state index contributed by atoms with van der Waals surface area (Å²) in [5, 5.41) is 0. The number of hydrogen-bond donors (Lipinski definition) is 2. The fraction of sp³-hybridized carbons (Fsp3) is 0.415. The van der Waals surface area contributed by atoms with Crippen LogP contribution in [0.2, 0.25) is 0 Å². The standard InChI is InChI=1S/C41H54N2/c1-3-12-36-28-32(16-22-38(36)30-34-18-24-40(42)25-19-34)14-10-8-6-5-7-9-11-15-33-17-23-39(37(29-33)13-4-2)31-35-20-26-41(43)27-21-35/h16-29H,3-15,30-31,42-43H2,1-2H3. The van der Waals surface area contributed by atoms with E-state index >= 15 is 0 Å². The second-order valence-corrected chi connectivity index (χ2v) is 12.5. The minimum absolute atomic E-state index is 0.835. The minimum atomic E-state index is 0.835. The van der Waals surface area contributed by atoms with Crippen LogP contribution in [0.3, 0.4) is 0 Å². The van der Waals surface area contributed by atoms with Crippen LogP contribution in [-0.2, 0) is 38.5 Å². The predicted octanol–water partition coefficient (Wildman–Crippen LogP) is 10.5. The molecule has 0 amide bonds. The van der Waals surface area contributed by atoms with E-state index in [-0.39, 0.29) is 0 Å². The number of hydrogen-bond acceptors (Lipinski definition) is 2. The Morgan fingerprint density at radius 1 is 0.372 bits per heavy atom. The van der Waals surface area contributed by atoms with Crippen molar-refractivity contribution in [2.75, 3.05) is 11.5 Å². The predicted molar refractivity (Wildman–Crippen MR) is 188 cm³/mol. The van der Waals surface area contributed by atoms with Crippen LogP contribution in [0, 0.1) is 0 Å². The molecule has 0 radical (unpaired) electrons. The molecule has 4 N–H and O–H groups in total. The van der Waals surface area contributed by atoms with E-state index in [1.54, 1.807) is 0 Å². The van der Waals surface area contributed by atoms with Gasteiger partial charge in [-0.15, -0.1) is 0 Å². The van der Waals surface area contributed by atoms with Crippen LogP contribution >= 0.6 is 0 Å². The molecule has 43 heavy (non-hydrogen) atoms. The lowest BCUT2D eigenvalue weighted by Crippen LogP contribution is -1.99. The fourth-order valence-electron chi connectivity index (χ4n) is 6.27.